The van der Waals surface area contributed by atoms with Gasteiger partial charge in [-0.15, -0.1) is 0 Å². The molecule has 3 saturated heterocycles. The third kappa shape index (κ3) is 19.3. The van der Waals surface area contributed by atoms with Crippen molar-refractivity contribution < 1.29 is 37.5 Å². The van der Waals surface area contributed by atoms with Gasteiger partial charge in [-0.25, -0.2) is 23.7 Å². The van der Waals surface area contributed by atoms with Crippen LogP contribution in [0.15, 0.2) is 191 Å². The number of Topliss-reactive ketones (excluding diaryl/α,β-unsaturated/α-hetero) is 3. The van der Waals surface area contributed by atoms with E-state index in [0.717, 1.165) is 104 Å². The first-order valence-corrected chi connectivity index (χ1v) is 34.6. The van der Waals surface area contributed by atoms with Crippen LogP contribution in [0.3, 0.4) is 0 Å². The lowest BCUT2D eigenvalue weighted by atomic mass is 9.96. The predicted molar refractivity (Wildman–Crippen MR) is 392 cm³/mol. The molecular weight excluding hydrogens is 1420 g/mol. The Kier molecular flexibility index (Phi) is 25.0. The molecule has 3 aliphatic heterocycles. The van der Waals surface area contributed by atoms with Crippen LogP contribution >= 0.6 is 43.5 Å². The summed E-state index contributed by atoms with van der Waals surface area (Å²) >= 11 is 12.5. The van der Waals surface area contributed by atoms with E-state index >= 15 is 0 Å². The lowest BCUT2D eigenvalue weighted by Gasteiger charge is -2.29. The first-order chi connectivity index (χ1) is 48.2. The third-order valence-electron chi connectivity index (χ3n) is 17.1. The highest BCUT2D eigenvalue weighted by Gasteiger charge is 2.25. The van der Waals surface area contributed by atoms with Gasteiger partial charge >= 0.3 is 0 Å². The fourth-order valence-electron chi connectivity index (χ4n) is 11.7. The Hall–Kier alpha value is -10.3. The second-order valence-corrected chi connectivity index (χ2v) is 26.4. The number of carbonyl (C=O) groups excluding carboxylic acids is 6. The largest absolute Gasteiger partial charge is 0.357 e. The van der Waals surface area contributed by atoms with E-state index < -0.39 is 35.0 Å². The van der Waals surface area contributed by atoms with Crippen molar-refractivity contribution in [1.29, 1.82) is 16.2 Å². The van der Waals surface area contributed by atoms with Crippen molar-refractivity contribution in [2.45, 2.75) is 71.1 Å². The minimum atomic E-state index is -0.664. The zero-order valence-electron chi connectivity index (χ0n) is 54.7. The van der Waals surface area contributed by atoms with Crippen LogP contribution in [0.1, 0.15) is 146 Å². The highest BCUT2D eigenvalue weighted by atomic mass is 79.9. The Balaban J connectivity index is 0.000000162. The molecule has 0 radical (unpaired) electrons. The first kappa shape index (κ1) is 72.5. The summed E-state index contributed by atoms with van der Waals surface area (Å²) in [5.41, 5.74) is 5.79. The van der Waals surface area contributed by atoms with Crippen LogP contribution < -0.4 is 16.0 Å². The van der Waals surface area contributed by atoms with Gasteiger partial charge in [0.05, 0.1) is 16.1 Å². The molecule has 6 aromatic carbocycles. The molecule has 18 nitrogen and oxygen atoms in total. The minimum Gasteiger partial charge on any atom is -0.357 e. The van der Waals surface area contributed by atoms with Crippen molar-refractivity contribution in [1.82, 2.24) is 29.7 Å². The normalized spacial score (nSPS) is 13.2. The quantitative estimate of drug-likeness (QED) is 0.0266. The van der Waals surface area contributed by atoms with E-state index in [-0.39, 0.29) is 53.8 Å². The molecule has 510 valence electrons. The van der Waals surface area contributed by atoms with Crippen molar-refractivity contribution in [3.05, 3.63) is 280 Å². The van der Waals surface area contributed by atoms with Gasteiger partial charge in [-0.1, -0.05) is 102 Å². The number of amidine groups is 3. The smallest absolute Gasteiger partial charge is 0.257 e. The van der Waals surface area contributed by atoms with Gasteiger partial charge in [-0.05, 0) is 179 Å². The number of hydrogen-bond acceptors (Lipinski definition) is 12. The molecule has 3 aromatic heterocycles. The van der Waals surface area contributed by atoms with Gasteiger partial charge in [0.1, 0.15) is 46.6 Å². The summed E-state index contributed by atoms with van der Waals surface area (Å²) in [7, 11) is 0. The van der Waals surface area contributed by atoms with E-state index in [4.69, 9.17) is 27.8 Å². The number of aromatic nitrogens is 3. The molecule has 0 bridgehead atoms. The number of benzene rings is 6. The molecule has 6 heterocycles. The van der Waals surface area contributed by atoms with Crippen molar-refractivity contribution in [2.24, 2.45) is 0 Å². The zero-order valence-corrected chi connectivity index (χ0v) is 58.6. The molecule has 23 heteroatoms. The number of halogens is 5. The molecule has 0 atom stereocenters. The summed E-state index contributed by atoms with van der Waals surface area (Å²) in [5, 5.41) is 33.7. The van der Waals surface area contributed by atoms with Gasteiger partial charge in [0.2, 0.25) is 0 Å². The van der Waals surface area contributed by atoms with Gasteiger partial charge < -0.3 is 30.7 Å². The molecule has 0 aliphatic carbocycles. The van der Waals surface area contributed by atoms with Gasteiger partial charge in [-0.3, -0.25) is 45.0 Å². The third-order valence-corrected chi connectivity index (χ3v) is 18.2. The van der Waals surface area contributed by atoms with Crippen LogP contribution in [-0.2, 0) is 19.3 Å². The van der Waals surface area contributed by atoms with E-state index in [1.807, 2.05) is 41.0 Å². The van der Waals surface area contributed by atoms with E-state index in [1.54, 1.807) is 128 Å². The topological polar surface area (TPSA) is 258 Å². The number of piperidine rings is 1. The highest BCUT2D eigenvalue weighted by Crippen LogP contribution is 2.25. The average molecular weight is 1490 g/mol. The maximum absolute atomic E-state index is 14.9. The fraction of sp³-hybridized carbons (Fsp3) is 0.221. The Bertz CT molecular complexity index is 4530. The SMILES string of the molecule is Cc1ccc(CC(=O)c2ccc(C(=N)N3CCCC3)cc2)c(C(=O)Nc2ccc(Cl)cn2)c1.N=C(c1ccc(C(=O)Cc2ccccc2C(=O)Nc2ccc(Br)cn2)c(F)c1)N1CCCC1.N=C(c1ccc(C(=O)Cc2ccccc2C(=O)Nc2ccc(Br)cn2)c(F)c1)N1CCCCC1. The standard InChI is InChI=1S/C26H24BrFN4O2.C26H25ClN4O2.C25H22BrFN4O2/c27-19-9-11-24(30-16-19)31-26(34)20-7-3-2-6-17(20)15-23(33)21-10-8-18(14-22(21)28)25(29)32-12-4-1-5-13-32;1-17-4-5-20(22(14-17)26(33)30-24-11-10-21(27)16-29-24)15-23(32)18-6-8-19(9-7-18)25(28)31-12-2-3-13-31;26-18-8-10-23(29-15-18)30-25(33)19-6-2-1-5-16(19)14-22(32)20-9-7-17(13-21(20)27)24(28)31-11-3-4-12-31/h2-3,6-11,14,16,29H,1,4-5,12-13,15H2,(H,30,31,34);4-11,14,16,28H,2-3,12-13,15H2,1H3,(H,29,30,33);1-2,5-10,13,15,28H,3-4,11-12,14H2,(H,29,30,33). The molecule has 100 heavy (non-hydrogen) atoms. The molecule has 12 rings (SSSR count). The Morgan fingerprint density at radius 3 is 1.20 bits per heavy atom. The van der Waals surface area contributed by atoms with Crippen molar-refractivity contribution >= 4 is 113 Å². The minimum absolute atomic E-state index is 0.0556. The second-order valence-electron chi connectivity index (χ2n) is 24.2. The number of nitrogens with zero attached hydrogens (tertiary/aromatic N) is 6. The molecule has 0 unspecified atom stereocenters. The molecular formula is C77H71Br2ClF2N12O6. The number of pyridine rings is 3. The molecule has 3 amide bonds. The van der Waals surface area contributed by atoms with E-state index in [9.17, 15) is 37.5 Å². The Morgan fingerprint density at radius 2 is 0.780 bits per heavy atom. The van der Waals surface area contributed by atoms with Crippen molar-refractivity contribution in [3.63, 3.8) is 0 Å². The van der Waals surface area contributed by atoms with Crippen LogP contribution in [0.4, 0.5) is 26.2 Å². The molecule has 9 aromatic rings. The highest BCUT2D eigenvalue weighted by molar-refractivity contribution is 9.10. The number of rotatable bonds is 18. The molecule has 0 spiro atoms. The number of carbonyl (C=O) groups is 6. The summed E-state index contributed by atoms with van der Waals surface area (Å²) in [6.45, 7) is 6.86. The number of aryl methyl sites for hydroxylation is 1. The molecule has 3 aliphatic rings. The summed E-state index contributed by atoms with van der Waals surface area (Å²) in [6, 6.07) is 44.8. The van der Waals surface area contributed by atoms with Gasteiger partial charge in [0.25, 0.3) is 17.7 Å². The van der Waals surface area contributed by atoms with Gasteiger partial charge in [0, 0.05) is 125 Å². The van der Waals surface area contributed by atoms with Gasteiger partial charge in [0.15, 0.2) is 17.3 Å². The van der Waals surface area contributed by atoms with Crippen LogP contribution in [0.2, 0.25) is 5.02 Å². The predicted octanol–water partition coefficient (Wildman–Crippen LogP) is 15.7. The van der Waals surface area contributed by atoms with Crippen LogP contribution in [0.25, 0.3) is 0 Å². The van der Waals surface area contributed by atoms with E-state index in [0.29, 0.717) is 78.4 Å². The fourth-order valence-corrected chi connectivity index (χ4v) is 12.3. The number of nitrogens with one attached hydrogen (secondary N) is 6. The maximum atomic E-state index is 14.9. The van der Waals surface area contributed by atoms with Crippen molar-refractivity contribution in [2.75, 3.05) is 55.2 Å². The maximum Gasteiger partial charge on any atom is 0.257 e. The molecule has 0 saturated carbocycles. The number of hydrogen-bond donors (Lipinski definition) is 6. The summed E-state index contributed by atoms with van der Waals surface area (Å²) < 4.78 is 31.3. The van der Waals surface area contributed by atoms with Crippen LogP contribution in [-0.4, -0.2) is 121 Å². The first-order valence-electron chi connectivity index (χ1n) is 32.6. The Labute approximate surface area is 599 Å². The average Bonchev–Trinajstić information content (AvgIpc) is 1.10. The number of anilines is 3. The van der Waals surface area contributed by atoms with E-state index in [1.165, 1.54) is 30.5 Å². The van der Waals surface area contributed by atoms with Crippen LogP contribution in [0.5, 0.6) is 0 Å². The number of ketones is 3. The summed E-state index contributed by atoms with van der Waals surface area (Å²) in [6.07, 6.45) is 11.9. The van der Waals surface area contributed by atoms with Crippen LogP contribution in [0, 0.1) is 34.8 Å². The second kappa shape index (κ2) is 34.5. The number of likely N-dealkylation sites (tertiary alicyclic amines) is 3. The summed E-state index contributed by atoms with van der Waals surface area (Å²) in [4.78, 5) is 95.6. The molecule has 6 N–H and O–H groups in total. The lowest BCUT2D eigenvalue weighted by molar-refractivity contribution is 0.0976. The number of amides is 3. The van der Waals surface area contributed by atoms with Crippen molar-refractivity contribution in [3.8, 4) is 0 Å². The Morgan fingerprint density at radius 1 is 0.410 bits per heavy atom. The van der Waals surface area contributed by atoms with E-state index in [2.05, 4.69) is 67.7 Å². The monoisotopic (exact) mass is 1490 g/mol. The lowest BCUT2D eigenvalue weighted by Crippen LogP contribution is -2.35. The summed E-state index contributed by atoms with van der Waals surface area (Å²) in [5.74, 6) is -1.21. The zero-order chi connectivity index (χ0) is 70.8. The van der Waals surface area contributed by atoms with Gasteiger partial charge in [-0.2, -0.15) is 0 Å². The molecule has 3 fully saturated rings.